The van der Waals surface area contributed by atoms with Crippen molar-refractivity contribution in [1.82, 2.24) is 9.78 Å². The molecule has 0 radical (unpaired) electrons. The largest absolute Gasteiger partial charge is 0.478 e. The van der Waals surface area contributed by atoms with Crippen molar-refractivity contribution in [3.63, 3.8) is 0 Å². The van der Waals surface area contributed by atoms with Crippen LogP contribution in [-0.4, -0.2) is 35.2 Å². The standard InChI is InChI=1S/C28H21FN4O5S/c1-16-12-25(33(32-16)24-15-18-7-3-2-6-17(18)13-21(24)28(35)36)27(34)31-23-11-10-19(14-22(23)29)20-8-4-5-9-26(20)39(30,37)38/h2-15H,1H3,(H,31,34)(H,35,36)(H2,30,37,38). The minimum atomic E-state index is -4.06. The van der Waals surface area contributed by atoms with E-state index in [0.29, 0.717) is 11.1 Å². The number of fused-ring (bicyclic) bond motifs is 1. The fraction of sp³-hybridized carbons (Fsp3) is 0.0357. The van der Waals surface area contributed by atoms with Crippen LogP contribution in [0, 0.1) is 12.7 Å². The van der Waals surface area contributed by atoms with E-state index in [0.717, 1.165) is 11.5 Å². The zero-order valence-electron chi connectivity index (χ0n) is 20.4. The van der Waals surface area contributed by atoms with Crippen LogP contribution in [0.25, 0.3) is 27.6 Å². The number of amides is 1. The number of hydrogen-bond acceptors (Lipinski definition) is 5. The Balaban J connectivity index is 1.52. The highest BCUT2D eigenvalue weighted by Gasteiger charge is 2.22. The van der Waals surface area contributed by atoms with E-state index in [2.05, 4.69) is 10.4 Å². The number of carbonyl (C=O) groups excluding carboxylic acids is 1. The van der Waals surface area contributed by atoms with Crippen molar-refractivity contribution >= 4 is 38.4 Å². The van der Waals surface area contributed by atoms with E-state index < -0.39 is 27.7 Å². The average molecular weight is 545 g/mol. The van der Waals surface area contributed by atoms with Crippen molar-refractivity contribution in [2.24, 2.45) is 5.14 Å². The van der Waals surface area contributed by atoms with Gasteiger partial charge in [-0.1, -0.05) is 48.5 Å². The Morgan fingerprint density at radius 1 is 0.949 bits per heavy atom. The van der Waals surface area contributed by atoms with Crippen molar-refractivity contribution in [1.29, 1.82) is 0 Å². The fourth-order valence-corrected chi connectivity index (χ4v) is 5.10. The van der Waals surface area contributed by atoms with Gasteiger partial charge in [-0.25, -0.2) is 27.4 Å². The zero-order chi connectivity index (χ0) is 27.9. The number of benzene rings is 4. The number of sulfonamides is 1. The molecule has 0 saturated heterocycles. The van der Waals surface area contributed by atoms with Crippen LogP contribution < -0.4 is 10.5 Å². The lowest BCUT2D eigenvalue weighted by Gasteiger charge is -2.13. The van der Waals surface area contributed by atoms with Crippen molar-refractivity contribution in [3.05, 3.63) is 108 Å². The molecule has 4 aromatic carbocycles. The van der Waals surface area contributed by atoms with Gasteiger partial charge in [-0.15, -0.1) is 0 Å². The van der Waals surface area contributed by atoms with Gasteiger partial charge in [-0.3, -0.25) is 4.79 Å². The Labute approximate surface area is 222 Å². The van der Waals surface area contributed by atoms with Gasteiger partial charge in [0.2, 0.25) is 10.0 Å². The normalized spacial score (nSPS) is 11.5. The Morgan fingerprint density at radius 2 is 1.62 bits per heavy atom. The molecule has 196 valence electrons. The second kappa shape index (κ2) is 9.78. The molecule has 0 saturated carbocycles. The summed E-state index contributed by atoms with van der Waals surface area (Å²) in [5.41, 5.74) is 0.846. The van der Waals surface area contributed by atoms with Crippen LogP contribution in [0.15, 0.2) is 89.8 Å². The van der Waals surface area contributed by atoms with Gasteiger partial charge >= 0.3 is 5.97 Å². The first-order chi connectivity index (χ1) is 18.5. The van der Waals surface area contributed by atoms with Crippen molar-refractivity contribution in [3.8, 4) is 16.8 Å². The van der Waals surface area contributed by atoms with Crippen LogP contribution >= 0.6 is 0 Å². The molecule has 39 heavy (non-hydrogen) atoms. The summed E-state index contributed by atoms with van der Waals surface area (Å²) in [7, 11) is -4.06. The van der Waals surface area contributed by atoms with Gasteiger partial charge in [0.15, 0.2) is 0 Å². The van der Waals surface area contributed by atoms with Crippen LogP contribution in [0.3, 0.4) is 0 Å². The number of nitrogens with one attached hydrogen (secondary N) is 1. The minimum absolute atomic E-state index is 0.00618. The van der Waals surface area contributed by atoms with Crippen LogP contribution in [0.4, 0.5) is 10.1 Å². The minimum Gasteiger partial charge on any atom is -0.478 e. The van der Waals surface area contributed by atoms with Gasteiger partial charge < -0.3 is 10.4 Å². The van der Waals surface area contributed by atoms with E-state index in [-0.39, 0.29) is 38.7 Å². The predicted octanol–water partition coefficient (Wildman–Crippen LogP) is 4.74. The summed E-state index contributed by atoms with van der Waals surface area (Å²) in [5, 5.41) is 23.4. The second-order valence-electron chi connectivity index (χ2n) is 8.79. The maximum absolute atomic E-state index is 15.1. The third-order valence-electron chi connectivity index (χ3n) is 6.11. The summed E-state index contributed by atoms with van der Waals surface area (Å²) < 4.78 is 40.2. The molecule has 0 spiro atoms. The monoisotopic (exact) mass is 544 g/mol. The van der Waals surface area contributed by atoms with Gasteiger partial charge in [0, 0.05) is 5.56 Å². The molecule has 0 atom stereocenters. The number of nitrogens with zero attached hydrogens (tertiary/aromatic N) is 2. The smallest absolute Gasteiger partial charge is 0.337 e. The molecule has 0 aliphatic carbocycles. The lowest BCUT2D eigenvalue weighted by atomic mass is 10.0. The van der Waals surface area contributed by atoms with Crippen LogP contribution in [0.2, 0.25) is 0 Å². The van der Waals surface area contributed by atoms with E-state index in [1.165, 1.54) is 47.1 Å². The summed E-state index contributed by atoms with van der Waals surface area (Å²) in [5.74, 6) is -2.74. The molecule has 5 aromatic rings. The number of aromatic carboxylic acids is 1. The number of anilines is 1. The Kier molecular flexibility index (Phi) is 6.46. The topological polar surface area (TPSA) is 144 Å². The molecule has 0 unspecified atom stereocenters. The predicted molar refractivity (Wildman–Crippen MR) is 144 cm³/mol. The Bertz CT molecular complexity index is 1900. The molecular weight excluding hydrogens is 523 g/mol. The number of primary sulfonamides is 1. The van der Waals surface area contributed by atoms with Gasteiger partial charge in [0.1, 0.15) is 11.5 Å². The maximum atomic E-state index is 15.1. The first kappa shape index (κ1) is 25.8. The van der Waals surface area contributed by atoms with Crippen LogP contribution in [-0.2, 0) is 10.0 Å². The van der Waals surface area contributed by atoms with E-state index in [1.807, 2.05) is 12.1 Å². The number of rotatable bonds is 6. The number of aromatic nitrogens is 2. The molecule has 1 amide bonds. The van der Waals surface area contributed by atoms with Crippen LogP contribution in [0.5, 0.6) is 0 Å². The van der Waals surface area contributed by atoms with E-state index >= 15 is 4.39 Å². The highest BCUT2D eigenvalue weighted by molar-refractivity contribution is 7.89. The number of halogens is 1. The Hall–Kier alpha value is -4.87. The molecule has 0 aliphatic heterocycles. The molecular formula is C28H21FN4O5S. The first-order valence-corrected chi connectivity index (χ1v) is 13.1. The lowest BCUT2D eigenvalue weighted by molar-refractivity contribution is 0.0696. The maximum Gasteiger partial charge on any atom is 0.337 e. The molecule has 1 aromatic heterocycles. The second-order valence-corrected chi connectivity index (χ2v) is 10.3. The SMILES string of the molecule is Cc1cc(C(=O)Nc2ccc(-c3ccccc3S(N)(=O)=O)cc2F)n(-c2cc3ccccc3cc2C(=O)O)n1. The van der Waals surface area contributed by atoms with Gasteiger partial charge in [-0.05, 0) is 59.7 Å². The van der Waals surface area contributed by atoms with Gasteiger partial charge in [-0.2, -0.15) is 5.10 Å². The highest BCUT2D eigenvalue weighted by atomic mass is 32.2. The molecule has 0 aliphatic rings. The number of carbonyl (C=O) groups is 2. The third-order valence-corrected chi connectivity index (χ3v) is 7.08. The van der Waals surface area contributed by atoms with Gasteiger partial charge in [0.25, 0.3) is 5.91 Å². The summed E-state index contributed by atoms with van der Waals surface area (Å²) in [6, 6.07) is 21.5. The Morgan fingerprint density at radius 3 is 2.28 bits per heavy atom. The summed E-state index contributed by atoms with van der Waals surface area (Å²) in [6.07, 6.45) is 0. The van der Waals surface area contributed by atoms with Crippen molar-refractivity contribution in [2.45, 2.75) is 11.8 Å². The molecule has 0 bridgehead atoms. The van der Waals surface area contributed by atoms with Crippen molar-refractivity contribution in [2.75, 3.05) is 5.32 Å². The molecule has 5 rings (SSSR count). The number of aryl methyl sites for hydroxylation is 1. The third kappa shape index (κ3) is 5.00. The van der Waals surface area contributed by atoms with Crippen LogP contribution in [0.1, 0.15) is 26.5 Å². The lowest BCUT2D eigenvalue weighted by Crippen LogP contribution is -2.19. The number of carboxylic acids is 1. The number of carboxylic acid groups (broad SMARTS) is 1. The van der Waals surface area contributed by atoms with Gasteiger partial charge in [0.05, 0.1) is 27.5 Å². The molecule has 0 fully saturated rings. The summed E-state index contributed by atoms with van der Waals surface area (Å²) in [6.45, 7) is 1.65. The highest BCUT2D eigenvalue weighted by Crippen LogP contribution is 2.30. The average Bonchev–Trinajstić information content (AvgIpc) is 3.30. The number of nitrogens with two attached hydrogens (primary N) is 1. The zero-order valence-corrected chi connectivity index (χ0v) is 21.2. The molecule has 11 heteroatoms. The summed E-state index contributed by atoms with van der Waals surface area (Å²) in [4.78, 5) is 25.2. The van der Waals surface area contributed by atoms with Crippen molar-refractivity contribution < 1.29 is 27.5 Å². The first-order valence-electron chi connectivity index (χ1n) is 11.6. The number of hydrogen-bond donors (Lipinski definition) is 3. The molecule has 1 heterocycles. The van der Waals surface area contributed by atoms with E-state index in [9.17, 15) is 23.1 Å². The summed E-state index contributed by atoms with van der Waals surface area (Å²) >= 11 is 0. The van der Waals surface area contributed by atoms with E-state index in [4.69, 9.17) is 5.14 Å². The quantitative estimate of drug-likeness (QED) is 0.282. The fourth-order valence-electron chi connectivity index (χ4n) is 4.34. The molecule has 4 N–H and O–H groups in total. The molecule has 9 nitrogen and oxygen atoms in total. The van der Waals surface area contributed by atoms with E-state index in [1.54, 1.807) is 31.2 Å².